The Morgan fingerprint density at radius 1 is 1.35 bits per heavy atom. The van der Waals surface area contributed by atoms with E-state index < -0.39 is 0 Å². The van der Waals surface area contributed by atoms with Gasteiger partial charge < -0.3 is 15.1 Å². The largest absolute Gasteiger partial charge is 0.387 e. The third-order valence-corrected chi connectivity index (χ3v) is 3.66. The highest BCUT2D eigenvalue weighted by atomic mass is 15.2. The summed E-state index contributed by atoms with van der Waals surface area (Å²) < 4.78 is 0. The summed E-state index contributed by atoms with van der Waals surface area (Å²) in [6, 6.07) is 2.80. The molecule has 0 unspecified atom stereocenters. The Bertz CT molecular complexity index is 358. The number of hydrogen-bond acceptors (Lipinski definition) is 4. The predicted molar refractivity (Wildman–Crippen MR) is 72.7 cm³/mol. The van der Waals surface area contributed by atoms with Gasteiger partial charge in [0, 0.05) is 20.1 Å². The average Bonchev–Trinajstić information content (AvgIpc) is 2.39. The van der Waals surface area contributed by atoms with Crippen molar-refractivity contribution in [2.45, 2.75) is 18.9 Å². The van der Waals surface area contributed by atoms with Crippen LogP contribution in [-0.4, -0.2) is 50.2 Å². The zero-order valence-electron chi connectivity index (χ0n) is 11.0. The Kier molecular flexibility index (Phi) is 3.84. The van der Waals surface area contributed by atoms with Crippen molar-refractivity contribution in [3.05, 3.63) is 18.5 Å². The molecular formula is C13H22N4. The molecule has 1 aliphatic rings. The van der Waals surface area contributed by atoms with Gasteiger partial charge in [-0.15, -0.1) is 0 Å². The fourth-order valence-electron chi connectivity index (χ4n) is 2.35. The smallest absolute Gasteiger partial charge is 0.0573 e. The Balaban J connectivity index is 2.05. The minimum absolute atomic E-state index is 0.639. The van der Waals surface area contributed by atoms with Gasteiger partial charge in [-0.2, -0.15) is 0 Å². The molecule has 1 aromatic heterocycles. The fraction of sp³-hybridized carbons (Fsp3) is 0.615. The van der Waals surface area contributed by atoms with Crippen LogP contribution in [0.3, 0.4) is 0 Å². The second-order valence-electron chi connectivity index (χ2n) is 4.83. The Labute approximate surface area is 104 Å². The van der Waals surface area contributed by atoms with Crippen LogP contribution in [0.15, 0.2) is 18.5 Å². The molecule has 0 aliphatic carbocycles. The summed E-state index contributed by atoms with van der Waals surface area (Å²) in [5.41, 5.74) is 2.27. The summed E-state index contributed by atoms with van der Waals surface area (Å²) in [5.74, 6) is 0. The molecule has 4 heteroatoms. The molecule has 1 saturated heterocycles. The fourth-order valence-corrected chi connectivity index (χ4v) is 2.35. The monoisotopic (exact) mass is 234 g/mol. The highest BCUT2D eigenvalue weighted by Crippen LogP contribution is 2.22. The van der Waals surface area contributed by atoms with Gasteiger partial charge in [0.25, 0.3) is 0 Å². The van der Waals surface area contributed by atoms with Crippen molar-refractivity contribution in [2.75, 3.05) is 44.4 Å². The standard InChI is InChI=1S/C13H22N4/c1-14-11-8-13(10-15-9-11)17(3)12-4-6-16(2)7-5-12/h8-10,12,14H,4-7H2,1-3H3. The molecule has 1 fully saturated rings. The minimum Gasteiger partial charge on any atom is -0.387 e. The highest BCUT2D eigenvalue weighted by molar-refractivity contribution is 5.55. The summed E-state index contributed by atoms with van der Waals surface area (Å²) >= 11 is 0. The van der Waals surface area contributed by atoms with Crippen LogP contribution in [0.2, 0.25) is 0 Å². The average molecular weight is 234 g/mol. The van der Waals surface area contributed by atoms with E-state index in [0.717, 1.165) is 5.69 Å². The second kappa shape index (κ2) is 5.36. The number of pyridine rings is 1. The van der Waals surface area contributed by atoms with Crippen molar-refractivity contribution in [3.8, 4) is 0 Å². The van der Waals surface area contributed by atoms with E-state index in [-0.39, 0.29) is 0 Å². The van der Waals surface area contributed by atoms with E-state index in [4.69, 9.17) is 0 Å². The van der Waals surface area contributed by atoms with Gasteiger partial charge in [-0.25, -0.2) is 0 Å². The van der Waals surface area contributed by atoms with Gasteiger partial charge in [0.15, 0.2) is 0 Å². The maximum Gasteiger partial charge on any atom is 0.0573 e. The molecule has 0 amide bonds. The van der Waals surface area contributed by atoms with Crippen LogP contribution < -0.4 is 10.2 Å². The molecule has 94 valence electrons. The second-order valence-corrected chi connectivity index (χ2v) is 4.83. The van der Waals surface area contributed by atoms with Gasteiger partial charge >= 0.3 is 0 Å². The van der Waals surface area contributed by atoms with E-state index in [2.05, 4.69) is 40.3 Å². The number of aromatic nitrogens is 1. The lowest BCUT2D eigenvalue weighted by Gasteiger charge is -2.36. The summed E-state index contributed by atoms with van der Waals surface area (Å²) in [4.78, 5) is 9.03. The first-order valence-electron chi connectivity index (χ1n) is 6.25. The van der Waals surface area contributed by atoms with E-state index >= 15 is 0 Å². The number of nitrogens with one attached hydrogen (secondary N) is 1. The zero-order valence-corrected chi connectivity index (χ0v) is 11.0. The van der Waals surface area contributed by atoms with Crippen LogP contribution in [0.5, 0.6) is 0 Å². The van der Waals surface area contributed by atoms with Gasteiger partial charge in [0.05, 0.1) is 23.8 Å². The van der Waals surface area contributed by atoms with Crippen molar-refractivity contribution in [1.82, 2.24) is 9.88 Å². The van der Waals surface area contributed by atoms with E-state index in [1.54, 1.807) is 0 Å². The minimum atomic E-state index is 0.639. The normalized spacial score (nSPS) is 18.1. The maximum absolute atomic E-state index is 4.27. The third kappa shape index (κ3) is 2.88. The highest BCUT2D eigenvalue weighted by Gasteiger charge is 2.20. The van der Waals surface area contributed by atoms with Crippen molar-refractivity contribution < 1.29 is 0 Å². The summed E-state index contributed by atoms with van der Waals surface area (Å²) in [6.45, 7) is 2.38. The molecule has 17 heavy (non-hydrogen) atoms. The van der Waals surface area contributed by atoms with Crippen molar-refractivity contribution >= 4 is 11.4 Å². The summed E-state index contributed by atoms with van der Waals surface area (Å²) in [7, 11) is 6.29. The number of nitrogens with zero attached hydrogens (tertiary/aromatic N) is 3. The van der Waals surface area contributed by atoms with Crippen molar-refractivity contribution in [3.63, 3.8) is 0 Å². The lowest BCUT2D eigenvalue weighted by molar-refractivity contribution is 0.253. The topological polar surface area (TPSA) is 31.4 Å². The van der Waals surface area contributed by atoms with E-state index in [1.807, 2.05) is 19.4 Å². The molecule has 0 bridgehead atoms. The van der Waals surface area contributed by atoms with Gasteiger partial charge in [-0.1, -0.05) is 0 Å². The Morgan fingerprint density at radius 3 is 2.71 bits per heavy atom. The number of rotatable bonds is 3. The first kappa shape index (κ1) is 12.2. The molecule has 0 spiro atoms. The van der Waals surface area contributed by atoms with Crippen LogP contribution >= 0.6 is 0 Å². The van der Waals surface area contributed by atoms with Crippen LogP contribution in [0.4, 0.5) is 11.4 Å². The van der Waals surface area contributed by atoms with Crippen molar-refractivity contribution in [2.24, 2.45) is 0 Å². The first-order chi connectivity index (χ1) is 8.20. The third-order valence-electron chi connectivity index (χ3n) is 3.66. The quantitative estimate of drug-likeness (QED) is 0.862. The van der Waals surface area contributed by atoms with Gasteiger partial charge in [0.2, 0.25) is 0 Å². The first-order valence-corrected chi connectivity index (χ1v) is 6.25. The number of anilines is 2. The van der Waals surface area contributed by atoms with E-state index in [1.165, 1.54) is 31.6 Å². The predicted octanol–water partition coefficient (Wildman–Crippen LogP) is 1.65. The van der Waals surface area contributed by atoms with E-state index in [9.17, 15) is 0 Å². The summed E-state index contributed by atoms with van der Waals surface area (Å²) in [5, 5.41) is 3.13. The maximum atomic E-state index is 4.27. The lowest BCUT2D eigenvalue weighted by Crippen LogP contribution is -2.42. The molecule has 0 aromatic carbocycles. The van der Waals surface area contributed by atoms with E-state index in [0.29, 0.717) is 6.04 Å². The van der Waals surface area contributed by atoms with Crippen molar-refractivity contribution in [1.29, 1.82) is 0 Å². The van der Waals surface area contributed by atoms with Crippen LogP contribution in [0.1, 0.15) is 12.8 Å². The van der Waals surface area contributed by atoms with Crippen LogP contribution in [0, 0.1) is 0 Å². The zero-order chi connectivity index (χ0) is 12.3. The number of piperidine rings is 1. The molecule has 1 N–H and O–H groups in total. The lowest BCUT2D eigenvalue weighted by atomic mass is 10.0. The van der Waals surface area contributed by atoms with Crippen LogP contribution in [-0.2, 0) is 0 Å². The number of likely N-dealkylation sites (tertiary alicyclic amines) is 1. The van der Waals surface area contributed by atoms with Gasteiger partial charge in [-0.3, -0.25) is 4.98 Å². The Hall–Kier alpha value is -1.29. The molecule has 2 heterocycles. The molecule has 4 nitrogen and oxygen atoms in total. The summed E-state index contributed by atoms with van der Waals surface area (Å²) in [6.07, 6.45) is 6.26. The molecule has 2 rings (SSSR count). The number of hydrogen-bond donors (Lipinski definition) is 1. The molecule has 0 radical (unpaired) electrons. The Morgan fingerprint density at radius 2 is 2.06 bits per heavy atom. The van der Waals surface area contributed by atoms with Crippen LogP contribution in [0.25, 0.3) is 0 Å². The van der Waals surface area contributed by atoms with Gasteiger partial charge in [-0.05, 0) is 39.0 Å². The molecular weight excluding hydrogens is 212 g/mol. The molecule has 1 aromatic rings. The van der Waals surface area contributed by atoms with Gasteiger partial charge in [0.1, 0.15) is 0 Å². The molecule has 0 atom stereocenters. The molecule has 1 aliphatic heterocycles. The molecule has 0 saturated carbocycles. The SMILES string of the molecule is CNc1cncc(N(C)C2CCN(C)CC2)c1.